The number of aromatic carboxylic acids is 1. The number of carbonyl (C=O) groups is 2. The highest BCUT2D eigenvalue weighted by Crippen LogP contribution is 2.37. The van der Waals surface area contributed by atoms with Crippen molar-refractivity contribution in [3.8, 4) is 5.75 Å². The van der Waals surface area contributed by atoms with Crippen molar-refractivity contribution >= 4 is 33.5 Å². The highest BCUT2D eigenvalue weighted by atomic mass is 32.1. The van der Waals surface area contributed by atoms with Gasteiger partial charge >= 0.3 is 11.9 Å². The molecular weight excluding hydrogens is 258 g/mol. The summed E-state index contributed by atoms with van der Waals surface area (Å²) in [7, 11) is 0. The molecule has 0 aliphatic rings. The van der Waals surface area contributed by atoms with E-state index in [2.05, 4.69) is 4.98 Å². The second-order valence-electron chi connectivity index (χ2n) is 3.61. The molecule has 94 valence electrons. The maximum absolute atomic E-state index is 11.1. The first-order valence-corrected chi connectivity index (χ1v) is 5.77. The van der Waals surface area contributed by atoms with Crippen LogP contribution in [0.1, 0.15) is 15.2 Å². The van der Waals surface area contributed by atoms with Gasteiger partial charge in [-0.3, -0.25) is 0 Å². The predicted octanol–water partition coefficient (Wildman–Crippen LogP) is 1.77. The van der Waals surface area contributed by atoms with Crippen LogP contribution in [0.25, 0.3) is 10.2 Å². The van der Waals surface area contributed by atoms with E-state index >= 15 is 0 Å². The molecule has 0 bridgehead atoms. The number of hydrogen-bond donors (Lipinski definition) is 2. The summed E-state index contributed by atoms with van der Waals surface area (Å²) in [6.07, 6.45) is 1.62. The van der Waals surface area contributed by atoms with Crippen molar-refractivity contribution in [2.24, 2.45) is 0 Å². The normalized spacial score (nSPS) is 10.5. The molecule has 7 heteroatoms. The average Bonchev–Trinajstić information content (AvgIpc) is 2.64. The minimum atomic E-state index is -1.16. The van der Waals surface area contributed by atoms with Crippen molar-refractivity contribution in [3.05, 3.63) is 22.7 Å². The molecule has 0 unspecified atom stereocenters. The van der Waals surface area contributed by atoms with Crippen molar-refractivity contribution in [2.45, 2.75) is 6.92 Å². The Morgan fingerprint density at radius 2 is 2.17 bits per heavy atom. The second-order valence-corrected chi connectivity index (χ2v) is 4.61. The molecule has 0 atom stereocenters. The Balaban J connectivity index is 2.57. The first-order chi connectivity index (χ1) is 8.49. The van der Waals surface area contributed by atoms with Crippen LogP contribution in [0.5, 0.6) is 5.75 Å². The third kappa shape index (κ3) is 2.25. The number of rotatable bonds is 4. The molecular formula is C11H9NO5S. The molecule has 0 radical (unpaired) electrons. The lowest BCUT2D eigenvalue weighted by atomic mass is 10.2. The van der Waals surface area contributed by atoms with Gasteiger partial charge in [0.1, 0.15) is 4.83 Å². The van der Waals surface area contributed by atoms with E-state index in [9.17, 15) is 9.59 Å². The summed E-state index contributed by atoms with van der Waals surface area (Å²) in [5.74, 6) is -2.25. The number of aryl methyl sites for hydroxylation is 1. The van der Waals surface area contributed by atoms with Crippen LogP contribution in [0.2, 0.25) is 0 Å². The van der Waals surface area contributed by atoms with Gasteiger partial charge in [0.25, 0.3) is 0 Å². The topological polar surface area (TPSA) is 96.7 Å². The monoisotopic (exact) mass is 267 g/mol. The summed E-state index contributed by atoms with van der Waals surface area (Å²) < 4.78 is 5.06. The second kappa shape index (κ2) is 4.61. The molecule has 2 heterocycles. The zero-order chi connectivity index (χ0) is 13.3. The predicted molar refractivity (Wildman–Crippen MR) is 64.4 cm³/mol. The van der Waals surface area contributed by atoms with Gasteiger partial charge in [0.2, 0.25) is 0 Å². The third-order valence-corrected chi connectivity index (χ3v) is 3.25. The number of hydrogen-bond acceptors (Lipinski definition) is 5. The highest BCUT2D eigenvalue weighted by molar-refractivity contribution is 7.20. The number of fused-ring (bicyclic) bond motifs is 1. The molecule has 0 amide bonds. The van der Waals surface area contributed by atoms with Crippen LogP contribution in [0.15, 0.2) is 12.3 Å². The molecule has 2 aromatic rings. The summed E-state index contributed by atoms with van der Waals surface area (Å²) in [5, 5.41) is 18.2. The number of aromatic nitrogens is 1. The van der Waals surface area contributed by atoms with E-state index in [0.717, 1.165) is 16.9 Å². The van der Waals surface area contributed by atoms with Gasteiger partial charge in [-0.1, -0.05) is 0 Å². The average molecular weight is 267 g/mol. The van der Waals surface area contributed by atoms with Gasteiger partial charge in [0, 0.05) is 6.20 Å². The lowest BCUT2D eigenvalue weighted by Gasteiger charge is -2.03. The molecule has 18 heavy (non-hydrogen) atoms. The molecule has 2 aromatic heterocycles. The van der Waals surface area contributed by atoms with Crippen LogP contribution < -0.4 is 4.74 Å². The van der Waals surface area contributed by atoms with Crippen molar-refractivity contribution < 1.29 is 24.5 Å². The summed E-state index contributed by atoms with van der Waals surface area (Å²) in [5.41, 5.74) is 0.845. The van der Waals surface area contributed by atoms with Crippen molar-refractivity contribution in [1.82, 2.24) is 4.98 Å². The van der Waals surface area contributed by atoms with Gasteiger partial charge in [-0.2, -0.15) is 0 Å². The smallest absolute Gasteiger partial charge is 0.349 e. The van der Waals surface area contributed by atoms with Gasteiger partial charge in [-0.15, -0.1) is 11.3 Å². The zero-order valence-electron chi connectivity index (χ0n) is 9.34. The summed E-state index contributed by atoms with van der Waals surface area (Å²) in [6, 6.07) is 1.72. The van der Waals surface area contributed by atoms with E-state index in [4.69, 9.17) is 14.9 Å². The van der Waals surface area contributed by atoms with Crippen molar-refractivity contribution in [3.63, 3.8) is 0 Å². The first-order valence-electron chi connectivity index (χ1n) is 4.96. The summed E-state index contributed by atoms with van der Waals surface area (Å²) in [4.78, 5) is 26.1. The van der Waals surface area contributed by atoms with Crippen LogP contribution in [0.3, 0.4) is 0 Å². The minimum absolute atomic E-state index is 0.0376. The molecule has 6 nitrogen and oxygen atoms in total. The quantitative estimate of drug-likeness (QED) is 0.876. The lowest BCUT2D eigenvalue weighted by Crippen LogP contribution is -2.10. The van der Waals surface area contributed by atoms with Gasteiger partial charge in [0.05, 0.1) is 5.39 Å². The summed E-state index contributed by atoms with van der Waals surface area (Å²) >= 11 is 0.964. The molecule has 0 aromatic carbocycles. The number of ether oxygens (including phenoxy) is 1. The van der Waals surface area contributed by atoms with Crippen molar-refractivity contribution in [1.29, 1.82) is 0 Å². The van der Waals surface area contributed by atoms with Crippen LogP contribution in [0.4, 0.5) is 0 Å². The fourth-order valence-electron chi connectivity index (χ4n) is 1.48. The van der Waals surface area contributed by atoms with Gasteiger partial charge in [-0.25, -0.2) is 14.6 Å². The Kier molecular flexibility index (Phi) is 3.15. The minimum Gasteiger partial charge on any atom is -0.479 e. The van der Waals surface area contributed by atoms with Gasteiger partial charge in [-0.05, 0) is 18.6 Å². The standard InChI is InChI=1S/C11H9NO5S/c1-5-2-6-8(17-4-7(13)14)9(11(15)16)18-10(6)12-3-5/h2-3H,4H2,1H3,(H,13,14)(H,15,16). The molecule has 0 aliphatic heterocycles. The Morgan fingerprint density at radius 3 is 2.78 bits per heavy atom. The first kappa shape index (κ1) is 12.3. The maximum atomic E-state index is 11.1. The highest BCUT2D eigenvalue weighted by Gasteiger charge is 2.20. The number of aliphatic carboxylic acids is 1. The molecule has 2 rings (SSSR count). The fourth-order valence-corrected chi connectivity index (χ4v) is 2.39. The molecule has 0 spiro atoms. The van der Waals surface area contributed by atoms with E-state index in [1.54, 1.807) is 12.3 Å². The number of nitrogens with zero attached hydrogens (tertiary/aromatic N) is 1. The number of pyridine rings is 1. The van der Waals surface area contributed by atoms with Crippen molar-refractivity contribution in [2.75, 3.05) is 6.61 Å². The zero-order valence-corrected chi connectivity index (χ0v) is 10.2. The Labute approximate surface area is 105 Å². The molecule has 0 fully saturated rings. The van der Waals surface area contributed by atoms with E-state index in [1.807, 2.05) is 6.92 Å². The lowest BCUT2D eigenvalue weighted by molar-refractivity contribution is -0.139. The fraction of sp³-hybridized carbons (Fsp3) is 0.182. The third-order valence-electron chi connectivity index (χ3n) is 2.17. The number of thiophene rings is 1. The van der Waals surface area contributed by atoms with Crippen LogP contribution in [-0.2, 0) is 4.79 Å². The largest absolute Gasteiger partial charge is 0.479 e. The molecule has 0 aliphatic carbocycles. The number of carboxylic acids is 2. The van der Waals surface area contributed by atoms with E-state index in [-0.39, 0.29) is 10.6 Å². The molecule has 0 saturated carbocycles. The van der Waals surface area contributed by atoms with Crippen LogP contribution >= 0.6 is 11.3 Å². The number of carboxylic acid groups (broad SMARTS) is 2. The van der Waals surface area contributed by atoms with Gasteiger partial charge < -0.3 is 14.9 Å². The SMILES string of the molecule is Cc1cnc2sc(C(=O)O)c(OCC(=O)O)c2c1. The Bertz CT molecular complexity index is 634. The van der Waals surface area contributed by atoms with E-state index in [1.165, 1.54) is 0 Å². The maximum Gasteiger partial charge on any atom is 0.349 e. The van der Waals surface area contributed by atoms with E-state index < -0.39 is 18.5 Å². The van der Waals surface area contributed by atoms with E-state index in [0.29, 0.717) is 10.2 Å². The van der Waals surface area contributed by atoms with Crippen LogP contribution in [-0.4, -0.2) is 33.7 Å². The molecule has 0 saturated heterocycles. The Hall–Kier alpha value is -2.15. The Morgan fingerprint density at radius 1 is 1.44 bits per heavy atom. The molecule has 2 N–H and O–H groups in total. The van der Waals surface area contributed by atoms with Crippen LogP contribution in [0, 0.1) is 6.92 Å². The van der Waals surface area contributed by atoms with Gasteiger partial charge in [0.15, 0.2) is 17.2 Å². The summed E-state index contributed by atoms with van der Waals surface area (Å²) in [6.45, 7) is 1.23.